The first-order valence-corrected chi connectivity index (χ1v) is 18.1. The van der Waals surface area contributed by atoms with Crippen LogP contribution in [0.2, 0.25) is 0 Å². The van der Waals surface area contributed by atoms with Crippen LogP contribution in [0, 0.1) is 0 Å². The van der Waals surface area contributed by atoms with Crippen molar-refractivity contribution in [2.45, 2.75) is 213 Å². The fraction of sp³-hybridized carbons (Fsp3) is 0.892. The zero-order valence-corrected chi connectivity index (χ0v) is 27.6. The number of hydrogen-bond acceptors (Lipinski definition) is 3. The number of carboxylic acids is 1. The number of hydrogen-bond donors (Lipinski definition) is 1. The minimum absolute atomic E-state index is 0.0121. The smallest absolute Gasteiger partial charge is 0.306 e. The van der Waals surface area contributed by atoms with Crippen molar-refractivity contribution in [3.05, 3.63) is 12.2 Å². The Bertz CT molecular complexity index is 585. The molecule has 1 atom stereocenters. The van der Waals surface area contributed by atoms with Crippen molar-refractivity contribution >= 4 is 11.9 Å². The van der Waals surface area contributed by atoms with Gasteiger partial charge < -0.3 is 9.84 Å². The summed E-state index contributed by atoms with van der Waals surface area (Å²) in [5, 5.41) is 8.64. The number of ether oxygens (including phenoxy) is 1. The lowest BCUT2D eigenvalue weighted by molar-refractivity contribution is -0.148. The zero-order chi connectivity index (χ0) is 30.1. The summed E-state index contributed by atoms with van der Waals surface area (Å²) < 4.78 is 5.61. The molecule has 4 nitrogen and oxygen atoms in total. The second-order valence-electron chi connectivity index (χ2n) is 12.5. The van der Waals surface area contributed by atoms with Crippen LogP contribution in [0.4, 0.5) is 0 Å². The summed E-state index contributed by atoms with van der Waals surface area (Å²) in [5.74, 6) is -0.689. The summed E-state index contributed by atoms with van der Waals surface area (Å²) >= 11 is 0. The van der Waals surface area contributed by atoms with Crippen molar-refractivity contribution in [3.63, 3.8) is 0 Å². The molecule has 0 aromatic heterocycles. The molecule has 41 heavy (non-hydrogen) atoms. The summed E-state index contributed by atoms with van der Waals surface area (Å²) in [7, 11) is 0. The minimum atomic E-state index is -0.677. The fourth-order valence-electron chi connectivity index (χ4n) is 5.51. The van der Waals surface area contributed by atoms with Crippen molar-refractivity contribution in [1.29, 1.82) is 0 Å². The van der Waals surface area contributed by atoms with Gasteiger partial charge in [-0.2, -0.15) is 0 Å². The number of carbonyl (C=O) groups is 2. The molecule has 0 heterocycles. The van der Waals surface area contributed by atoms with E-state index in [1.165, 1.54) is 135 Å². The van der Waals surface area contributed by atoms with Crippen LogP contribution in [0.25, 0.3) is 0 Å². The first-order chi connectivity index (χ1) is 20.1. The first kappa shape index (κ1) is 39.7. The summed E-state index contributed by atoms with van der Waals surface area (Å²) in [6, 6.07) is 0. The van der Waals surface area contributed by atoms with E-state index in [0.717, 1.165) is 44.9 Å². The van der Waals surface area contributed by atoms with Gasteiger partial charge in [-0.1, -0.05) is 147 Å². The Morgan fingerprint density at radius 1 is 0.537 bits per heavy atom. The lowest BCUT2D eigenvalue weighted by Gasteiger charge is -2.13. The van der Waals surface area contributed by atoms with E-state index in [4.69, 9.17) is 9.84 Å². The average Bonchev–Trinajstić information content (AvgIpc) is 2.94. The Morgan fingerprint density at radius 3 is 1.34 bits per heavy atom. The van der Waals surface area contributed by atoms with Gasteiger partial charge in [0.1, 0.15) is 0 Å². The van der Waals surface area contributed by atoms with Crippen LogP contribution in [0.3, 0.4) is 0 Å². The molecule has 0 aliphatic heterocycles. The van der Waals surface area contributed by atoms with Crippen molar-refractivity contribution in [1.82, 2.24) is 0 Å². The molecule has 0 saturated heterocycles. The third-order valence-electron chi connectivity index (χ3n) is 8.23. The highest BCUT2D eigenvalue weighted by atomic mass is 16.5. The Balaban J connectivity index is 3.31. The highest BCUT2D eigenvalue weighted by Gasteiger charge is 2.09. The Morgan fingerprint density at radius 2 is 0.902 bits per heavy atom. The molecule has 0 spiro atoms. The van der Waals surface area contributed by atoms with Crippen molar-refractivity contribution in [3.8, 4) is 0 Å². The average molecular weight is 579 g/mol. The van der Waals surface area contributed by atoms with Crippen molar-refractivity contribution in [2.24, 2.45) is 0 Å². The number of carboxylic acid groups (broad SMARTS) is 1. The van der Waals surface area contributed by atoms with Gasteiger partial charge in [0.25, 0.3) is 0 Å². The summed E-state index contributed by atoms with van der Waals surface area (Å²) in [6.45, 7) is 4.32. The molecule has 0 rings (SSSR count). The van der Waals surface area contributed by atoms with E-state index in [0.29, 0.717) is 12.8 Å². The molecule has 0 amide bonds. The number of unbranched alkanes of at least 4 members (excludes halogenated alkanes) is 24. The molecule has 0 fully saturated rings. The minimum Gasteiger partial charge on any atom is -0.481 e. The van der Waals surface area contributed by atoms with Gasteiger partial charge in [-0.25, -0.2) is 0 Å². The number of aliphatic carboxylic acids is 1. The highest BCUT2D eigenvalue weighted by Crippen LogP contribution is 2.15. The van der Waals surface area contributed by atoms with Crippen LogP contribution in [-0.2, 0) is 14.3 Å². The van der Waals surface area contributed by atoms with Gasteiger partial charge >= 0.3 is 11.9 Å². The predicted octanol–water partition coefficient (Wildman–Crippen LogP) is 12.3. The molecule has 4 heteroatoms. The first-order valence-electron chi connectivity index (χ1n) is 18.1. The second-order valence-corrected chi connectivity index (χ2v) is 12.5. The van der Waals surface area contributed by atoms with Gasteiger partial charge in [-0.15, -0.1) is 0 Å². The summed E-state index contributed by atoms with van der Waals surface area (Å²) in [6.07, 6.45) is 40.7. The van der Waals surface area contributed by atoms with Gasteiger partial charge in [0.2, 0.25) is 0 Å². The van der Waals surface area contributed by atoms with Crippen LogP contribution >= 0.6 is 0 Å². The molecule has 1 unspecified atom stereocenters. The molecule has 0 aliphatic rings. The third-order valence-corrected chi connectivity index (χ3v) is 8.23. The highest BCUT2D eigenvalue weighted by molar-refractivity contribution is 5.69. The number of carbonyl (C=O) groups excluding carboxylic acids is 1. The van der Waals surface area contributed by atoms with E-state index in [1.54, 1.807) is 0 Å². The summed E-state index contributed by atoms with van der Waals surface area (Å²) in [4.78, 5) is 22.6. The van der Waals surface area contributed by atoms with E-state index >= 15 is 0 Å². The zero-order valence-electron chi connectivity index (χ0n) is 27.6. The Labute approximate surface area is 255 Å². The van der Waals surface area contributed by atoms with Gasteiger partial charge in [0.15, 0.2) is 0 Å². The van der Waals surface area contributed by atoms with E-state index in [1.807, 2.05) is 6.92 Å². The van der Waals surface area contributed by atoms with Crippen molar-refractivity contribution < 1.29 is 19.4 Å². The van der Waals surface area contributed by atoms with Crippen LogP contribution < -0.4 is 0 Å². The molecule has 0 saturated carbocycles. The van der Waals surface area contributed by atoms with E-state index in [2.05, 4.69) is 19.1 Å². The van der Waals surface area contributed by atoms with Gasteiger partial charge in [0.05, 0.1) is 6.10 Å². The maximum absolute atomic E-state index is 12.1. The SMILES string of the molecule is CCCCCCCC/C=C\CCCCCCCCCCCC(=O)OC(C)CCCCCCCCCCCCC(=O)O. The molecule has 0 aliphatic carbocycles. The second kappa shape index (κ2) is 33.2. The fourth-order valence-corrected chi connectivity index (χ4v) is 5.51. The molecular weight excluding hydrogens is 508 g/mol. The molecule has 0 aromatic rings. The van der Waals surface area contributed by atoms with Crippen LogP contribution in [0.15, 0.2) is 12.2 Å². The third kappa shape index (κ3) is 34.8. The van der Waals surface area contributed by atoms with Crippen LogP contribution in [-0.4, -0.2) is 23.1 Å². The maximum Gasteiger partial charge on any atom is 0.306 e. The van der Waals surface area contributed by atoms with Gasteiger partial charge in [0, 0.05) is 12.8 Å². The molecule has 1 N–H and O–H groups in total. The Hall–Kier alpha value is -1.32. The largest absolute Gasteiger partial charge is 0.481 e. The Kier molecular flexibility index (Phi) is 32.1. The molecule has 0 bridgehead atoms. The van der Waals surface area contributed by atoms with Crippen LogP contribution in [0.5, 0.6) is 0 Å². The molecular formula is C37H70O4. The number of rotatable bonds is 33. The predicted molar refractivity (Wildman–Crippen MR) is 177 cm³/mol. The van der Waals surface area contributed by atoms with E-state index in [9.17, 15) is 9.59 Å². The van der Waals surface area contributed by atoms with E-state index < -0.39 is 5.97 Å². The lowest BCUT2D eigenvalue weighted by Crippen LogP contribution is -2.14. The summed E-state index contributed by atoms with van der Waals surface area (Å²) in [5.41, 5.74) is 0. The maximum atomic E-state index is 12.1. The lowest BCUT2D eigenvalue weighted by atomic mass is 10.0. The topological polar surface area (TPSA) is 63.6 Å². The van der Waals surface area contributed by atoms with Gasteiger partial charge in [-0.3, -0.25) is 9.59 Å². The number of allylic oxidation sites excluding steroid dienone is 2. The molecule has 0 radical (unpaired) electrons. The number of esters is 1. The standard InChI is InChI=1S/C37H70O4/c1-3-4-5-6-7-8-9-10-11-12-13-14-15-16-17-22-25-28-31-34-37(40)41-35(2)32-29-26-23-20-18-19-21-24-27-30-33-36(38)39/h10-11,35H,3-9,12-34H2,1-2H3,(H,38,39)/b11-10-. The normalized spacial score (nSPS) is 12.2. The quantitative estimate of drug-likeness (QED) is 0.0478. The van der Waals surface area contributed by atoms with Crippen molar-refractivity contribution in [2.75, 3.05) is 0 Å². The van der Waals surface area contributed by atoms with E-state index in [-0.39, 0.29) is 12.1 Å². The van der Waals surface area contributed by atoms with Crippen LogP contribution in [0.1, 0.15) is 206 Å². The monoisotopic (exact) mass is 579 g/mol. The van der Waals surface area contributed by atoms with Gasteiger partial charge in [-0.05, 0) is 58.3 Å². The molecule has 0 aromatic carbocycles. The molecule has 242 valence electrons.